The van der Waals surface area contributed by atoms with Crippen LogP contribution in [0.4, 0.5) is 0 Å². The van der Waals surface area contributed by atoms with Crippen LogP contribution in [0.5, 0.6) is 5.75 Å². The number of carbonyl (C=O) groups excluding carboxylic acids is 4. The zero-order chi connectivity index (χ0) is 31.9. The van der Waals surface area contributed by atoms with Crippen molar-refractivity contribution in [3.8, 4) is 5.75 Å². The number of esters is 4. The van der Waals surface area contributed by atoms with E-state index in [-0.39, 0.29) is 6.61 Å². The molecular formula is C31H37ClO11. The van der Waals surface area contributed by atoms with Crippen molar-refractivity contribution >= 4 is 35.5 Å². The third kappa shape index (κ3) is 8.25. The summed E-state index contributed by atoms with van der Waals surface area (Å²) in [6, 6.07) is 12.4. The predicted octanol–water partition coefficient (Wildman–Crippen LogP) is 4.45. The van der Waals surface area contributed by atoms with Crippen LogP contribution in [0, 0.1) is 0 Å². The number of rotatable bonds is 11. The van der Waals surface area contributed by atoms with E-state index in [0.717, 1.165) is 5.56 Å². The van der Waals surface area contributed by atoms with Crippen LogP contribution in [0.1, 0.15) is 64.3 Å². The van der Waals surface area contributed by atoms with Crippen molar-refractivity contribution in [2.24, 2.45) is 0 Å². The molecule has 0 saturated carbocycles. The molecule has 0 spiro atoms. The van der Waals surface area contributed by atoms with Crippen LogP contribution < -0.4 is 4.74 Å². The number of hydrogen-bond acceptors (Lipinski definition) is 11. The summed E-state index contributed by atoms with van der Waals surface area (Å²) in [6.45, 7) is 8.66. The molecule has 0 aliphatic carbocycles. The lowest BCUT2D eigenvalue weighted by Crippen LogP contribution is -2.59. The SMILES string of the molecule is CCOc1ccc(C(C)(OC)c2cc([C@@H]3O[C@H](COC(C)=O)[C@@H](OC(C)=O)[C@H](OC(C)=O)[C@H]3OC(C)=O)ccc2Cl)cc1. The molecule has 3 rings (SSSR count). The Bertz CT molecular complexity index is 1310. The molecule has 6 atom stereocenters. The standard InChI is InChI=1S/C31H37ClO11/c1-8-38-23-12-10-22(11-13-23)31(6,37-7)24-15-21(9-14-25(24)32)27-29(41-19(4)35)30(42-20(5)36)28(40-18(3)34)26(43-27)16-39-17(2)33/h9-15,26-30H,8,16H2,1-7H3/t26-,27+,28-,29+,30+,31?/m1/s1. The van der Waals surface area contributed by atoms with Crippen molar-refractivity contribution in [1.82, 2.24) is 0 Å². The third-order valence-electron chi connectivity index (χ3n) is 6.95. The molecule has 43 heavy (non-hydrogen) atoms. The molecular weight excluding hydrogens is 584 g/mol. The Labute approximate surface area is 255 Å². The van der Waals surface area contributed by atoms with Gasteiger partial charge >= 0.3 is 23.9 Å². The van der Waals surface area contributed by atoms with E-state index in [0.29, 0.717) is 28.5 Å². The van der Waals surface area contributed by atoms with Crippen LogP contribution in [-0.2, 0) is 53.2 Å². The normalized spacial score (nSPS) is 22.9. The quantitative estimate of drug-likeness (QED) is 0.261. The molecule has 1 aliphatic rings. The minimum atomic E-state index is -1.30. The van der Waals surface area contributed by atoms with Crippen LogP contribution in [0.25, 0.3) is 0 Å². The lowest BCUT2D eigenvalue weighted by Gasteiger charge is -2.44. The molecule has 1 aliphatic heterocycles. The number of methoxy groups -OCH3 is 1. The molecule has 1 saturated heterocycles. The molecule has 2 aromatic rings. The molecule has 1 fully saturated rings. The summed E-state index contributed by atoms with van der Waals surface area (Å²) in [5, 5.41) is 0.382. The molecule has 0 bridgehead atoms. The van der Waals surface area contributed by atoms with Crippen molar-refractivity contribution in [3.63, 3.8) is 0 Å². The summed E-state index contributed by atoms with van der Waals surface area (Å²) in [7, 11) is 1.55. The van der Waals surface area contributed by atoms with Gasteiger partial charge in [-0.3, -0.25) is 19.2 Å². The maximum atomic E-state index is 12.3. The van der Waals surface area contributed by atoms with Gasteiger partial charge in [0.2, 0.25) is 0 Å². The molecule has 0 amide bonds. The second-order valence-electron chi connectivity index (χ2n) is 10.1. The van der Waals surface area contributed by atoms with E-state index < -0.39 is 60.0 Å². The second-order valence-corrected chi connectivity index (χ2v) is 10.5. The first-order valence-corrected chi connectivity index (χ1v) is 14.1. The summed E-state index contributed by atoms with van der Waals surface area (Å²) in [5.41, 5.74) is 0.771. The zero-order valence-electron chi connectivity index (χ0n) is 25.2. The molecule has 0 radical (unpaired) electrons. The van der Waals surface area contributed by atoms with Gasteiger partial charge in [0.25, 0.3) is 0 Å². The Morgan fingerprint density at radius 1 is 0.837 bits per heavy atom. The Hall–Kier alpha value is -3.67. The molecule has 0 aromatic heterocycles. The first kappa shape index (κ1) is 33.8. The van der Waals surface area contributed by atoms with Gasteiger partial charge in [-0.2, -0.15) is 0 Å². The average Bonchev–Trinajstić information content (AvgIpc) is 2.94. The van der Waals surface area contributed by atoms with Gasteiger partial charge in [0, 0.05) is 45.4 Å². The fourth-order valence-corrected chi connectivity index (χ4v) is 5.30. The predicted molar refractivity (Wildman–Crippen MR) is 153 cm³/mol. The Kier molecular flexibility index (Phi) is 11.5. The monoisotopic (exact) mass is 620 g/mol. The minimum absolute atomic E-state index is 0.337. The minimum Gasteiger partial charge on any atom is -0.494 e. The molecule has 1 heterocycles. The van der Waals surface area contributed by atoms with E-state index in [2.05, 4.69) is 0 Å². The number of halogens is 1. The van der Waals surface area contributed by atoms with Crippen LogP contribution in [0.15, 0.2) is 42.5 Å². The Balaban J connectivity index is 2.16. The van der Waals surface area contributed by atoms with Crippen molar-refractivity contribution in [2.75, 3.05) is 20.3 Å². The fraction of sp³-hybridized carbons (Fsp3) is 0.484. The van der Waals surface area contributed by atoms with Gasteiger partial charge in [-0.05, 0) is 49.2 Å². The summed E-state index contributed by atoms with van der Waals surface area (Å²) < 4.78 is 39.8. The Morgan fingerprint density at radius 2 is 1.42 bits per heavy atom. The molecule has 1 unspecified atom stereocenters. The second kappa shape index (κ2) is 14.7. The van der Waals surface area contributed by atoms with E-state index in [9.17, 15) is 19.2 Å². The number of carbonyl (C=O) groups is 4. The van der Waals surface area contributed by atoms with Crippen molar-refractivity contribution in [3.05, 3.63) is 64.2 Å². The molecule has 12 heteroatoms. The zero-order valence-corrected chi connectivity index (χ0v) is 26.0. The highest BCUT2D eigenvalue weighted by atomic mass is 35.5. The highest BCUT2D eigenvalue weighted by Crippen LogP contribution is 2.42. The summed E-state index contributed by atoms with van der Waals surface area (Å²) in [5.74, 6) is -2.03. The molecule has 234 valence electrons. The van der Waals surface area contributed by atoms with Crippen molar-refractivity contribution in [2.45, 2.75) is 77.7 Å². The van der Waals surface area contributed by atoms with Crippen LogP contribution >= 0.6 is 11.6 Å². The van der Waals surface area contributed by atoms with Crippen LogP contribution in [-0.4, -0.2) is 68.6 Å². The first-order valence-electron chi connectivity index (χ1n) is 13.7. The van der Waals surface area contributed by atoms with Gasteiger partial charge in [0.05, 0.1) is 6.61 Å². The van der Waals surface area contributed by atoms with Crippen molar-refractivity contribution in [1.29, 1.82) is 0 Å². The molecule has 2 aromatic carbocycles. The largest absolute Gasteiger partial charge is 0.494 e. The number of hydrogen-bond donors (Lipinski definition) is 0. The van der Waals surface area contributed by atoms with Gasteiger partial charge < -0.3 is 33.2 Å². The smallest absolute Gasteiger partial charge is 0.303 e. The van der Waals surface area contributed by atoms with Gasteiger partial charge in [-0.25, -0.2) is 0 Å². The highest BCUT2D eigenvalue weighted by Gasteiger charge is 2.52. The van der Waals surface area contributed by atoms with Crippen LogP contribution in [0.3, 0.4) is 0 Å². The van der Waals surface area contributed by atoms with E-state index >= 15 is 0 Å². The van der Waals surface area contributed by atoms with E-state index in [1.54, 1.807) is 25.3 Å². The van der Waals surface area contributed by atoms with Crippen molar-refractivity contribution < 1.29 is 52.3 Å². The number of ether oxygens (including phenoxy) is 7. The summed E-state index contributed by atoms with van der Waals surface area (Å²) in [4.78, 5) is 48.2. The molecule has 11 nitrogen and oxygen atoms in total. The van der Waals surface area contributed by atoms with E-state index in [4.69, 9.17) is 44.8 Å². The summed E-state index contributed by atoms with van der Waals surface area (Å²) >= 11 is 6.73. The van der Waals surface area contributed by atoms with Crippen LogP contribution in [0.2, 0.25) is 5.02 Å². The lowest BCUT2D eigenvalue weighted by molar-refractivity contribution is -0.254. The van der Waals surface area contributed by atoms with E-state index in [1.807, 2.05) is 38.1 Å². The third-order valence-corrected chi connectivity index (χ3v) is 7.28. The summed E-state index contributed by atoms with van der Waals surface area (Å²) in [6.07, 6.45) is -5.98. The topological polar surface area (TPSA) is 133 Å². The lowest BCUT2D eigenvalue weighted by atomic mass is 9.84. The van der Waals surface area contributed by atoms with Gasteiger partial charge in [-0.15, -0.1) is 0 Å². The number of benzene rings is 2. The average molecular weight is 621 g/mol. The van der Waals surface area contributed by atoms with Gasteiger partial charge in [0.15, 0.2) is 18.3 Å². The molecule has 0 N–H and O–H groups in total. The maximum absolute atomic E-state index is 12.3. The Morgan fingerprint density at radius 3 is 1.95 bits per heavy atom. The maximum Gasteiger partial charge on any atom is 0.303 e. The van der Waals surface area contributed by atoms with Gasteiger partial charge in [-0.1, -0.05) is 29.8 Å². The van der Waals surface area contributed by atoms with Gasteiger partial charge in [0.1, 0.15) is 30.2 Å². The first-order chi connectivity index (χ1) is 20.3. The van der Waals surface area contributed by atoms with E-state index in [1.165, 1.54) is 27.7 Å². The fourth-order valence-electron chi connectivity index (χ4n) is 5.00. The highest BCUT2D eigenvalue weighted by molar-refractivity contribution is 6.31.